The number of esters is 1. The number of carbonyl (C=O) groups is 2. The summed E-state index contributed by atoms with van der Waals surface area (Å²) in [7, 11) is 3.03. The van der Waals surface area contributed by atoms with Crippen molar-refractivity contribution in [3.05, 3.63) is 57.9 Å². The maximum Gasteiger partial charge on any atom is 0.306 e. The predicted octanol–water partition coefficient (Wildman–Crippen LogP) is 3.25. The summed E-state index contributed by atoms with van der Waals surface area (Å²) in [5.74, 6) is -1.22. The van der Waals surface area contributed by atoms with E-state index in [9.17, 15) is 24.1 Å². The summed E-state index contributed by atoms with van der Waals surface area (Å²) in [4.78, 5) is 34.1. The molecule has 0 aliphatic rings. The molecule has 1 N–H and O–H groups in total. The van der Waals surface area contributed by atoms with Crippen LogP contribution in [0.3, 0.4) is 0 Å². The molecule has 1 atom stereocenters. The van der Waals surface area contributed by atoms with Gasteiger partial charge in [0.25, 0.3) is 5.91 Å². The highest BCUT2D eigenvalue weighted by atomic mass is 19.1. The fraction of sp³-hybridized carbons (Fsp3) is 0.300. The molecule has 0 spiro atoms. The number of amides is 1. The molecule has 0 unspecified atom stereocenters. The number of ether oxygens (including phenoxy) is 3. The number of hydrogen-bond acceptors (Lipinski definition) is 7. The minimum absolute atomic E-state index is 0.0151. The lowest BCUT2D eigenvalue weighted by atomic mass is 10.1. The van der Waals surface area contributed by atoms with Gasteiger partial charge in [0.1, 0.15) is 0 Å². The molecule has 0 saturated carbocycles. The monoisotopic (exact) mass is 420 g/mol. The van der Waals surface area contributed by atoms with Gasteiger partial charge in [0.2, 0.25) is 5.82 Å². The molecule has 0 aliphatic heterocycles. The van der Waals surface area contributed by atoms with Crippen molar-refractivity contribution in [2.75, 3.05) is 19.5 Å². The maximum atomic E-state index is 13.4. The van der Waals surface area contributed by atoms with Crippen LogP contribution in [-0.4, -0.2) is 37.1 Å². The third kappa shape index (κ3) is 5.90. The maximum absolute atomic E-state index is 13.4. The second kappa shape index (κ2) is 10.2. The van der Waals surface area contributed by atoms with E-state index in [1.165, 1.54) is 27.2 Å². The first-order valence-electron chi connectivity index (χ1n) is 8.90. The molecule has 2 aromatic rings. The van der Waals surface area contributed by atoms with Gasteiger partial charge in [-0.2, -0.15) is 4.39 Å². The summed E-state index contributed by atoms with van der Waals surface area (Å²) >= 11 is 0. The Balaban J connectivity index is 1.90. The Morgan fingerprint density at radius 1 is 1.13 bits per heavy atom. The van der Waals surface area contributed by atoms with Crippen LogP contribution in [0.25, 0.3) is 0 Å². The molecule has 1 amide bonds. The van der Waals surface area contributed by atoms with Crippen molar-refractivity contribution >= 4 is 23.3 Å². The van der Waals surface area contributed by atoms with E-state index in [-0.39, 0.29) is 12.1 Å². The predicted molar refractivity (Wildman–Crippen MR) is 105 cm³/mol. The van der Waals surface area contributed by atoms with Crippen LogP contribution in [0.1, 0.15) is 18.9 Å². The molecule has 9 nitrogen and oxygen atoms in total. The smallest absolute Gasteiger partial charge is 0.306 e. The zero-order valence-corrected chi connectivity index (χ0v) is 16.6. The number of nitrogens with one attached hydrogen (secondary N) is 1. The number of methoxy groups -OCH3 is 2. The highest BCUT2D eigenvalue weighted by Crippen LogP contribution is 2.28. The Morgan fingerprint density at radius 3 is 2.47 bits per heavy atom. The zero-order valence-electron chi connectivity index (χ0n) is 16.6. The molecular formula is C20H21FN2O7. The van der Waals surface area contributed by atoms with Crippen LogP contribution in [0.4, 0.5) is 15.8 Å². The molecule has 30 heavy (non-hydrogen) atoms. The van der Waals surface area contributed by atoms with Gasteiger partial charge in [0.05, 0.1) is 19.1 Å². The second-order valence-electron chi connectivity index (χ2n) is 6.23. The van der Waals surface area contributed by atoms with Crippen molar-refractivity contribution in [1.29, 1.82) is 0 Å². The molecule has 0 heterocycles. The SMILES string of the molecule is COc1ccc(CCC(=O)O[C@@H](C)C(=O)Nc2ccc(F)c([N+](=O)[O-])c2)cc1OC. The van der Waals surface area contributed by atoms with E-state index in [0.717, 1.165) is 17.7 Å². The lowest BCUT2D eigenvalue weighted by molar-refractivity contribution is -0.387. The van der Waals surface area contributed by atoms with Gasteiger partial charge in [-0.3, -0.25) is 19.7 Å². The summed E-state index contributed by atoms with van der Waals surface area (Å²) in [6.45, 7) is 1.36. The summed E-state index contributed by atoms with van der Waals surface area (Å²) in [6, 6.07) is 8.17. The molecule has 0 aromatic heterocycles. The quantitative estimate of drug-likeness (QED) is 0.376. The topological polar surface area (TPSA) is 117 Å². The molecule has 2 rings (SSSR count). The van der Waals surface area contributed by atoms with E-state index in [4.69, 9.17) is 14.2 Å². The minimum Gasteiger partial charge on any atom is -0.493 e. The van der Waals surface area contributed by atoms with E-state index in [2.05, 4.69) is 5.32 Å². The van der Waals surface area contributed by atoms with Crippen LogP contribution in [0.5, 0.6) is 11.5 Å². The fourth-order valence-electron chi connectivity index (χ4n) is 2.57. The Morgan fingerprint density at radius 2 is 1.83 bits per heavy atom. The van der Waals surface area contributed by atoms with Crippen molar-refractivity contribution in [2.24, 2.45) is 0 Å². The molecule has 2 aromatic carbocycles. The molecule has 0 bridgehead atoms. The molecule has 0 aliphatic carbocycles. The van der Waals surface area contributed by atoms with Gasteiger partial charge in [-0.05, 0) is 43.2 Å². The normalized spacial score (nSPS) is 11.3. The van der Waals surface area contributed by atoms with E-state index in [0.29, 0.717) is 17.9 Å². The average molecular weight is 420 g/mol. The van der Waals surface area contributed by atoms with Gasteiger partial charge in [-0.1, -0.05) is 6.07 Å². The molecule has 160 valence electrons. The van der Waals surface area contributed by atoms with Crippen molar-refractivity contribution in [1.82, 2.24) is 0 Å². The molecule has 0 fully saturated rings. The van der Waals surface area contributed by atoms with Crippen LogP contribution in [-0.2, 0) is 20.7 Å². The number of halogens is 1. The Labute approximate surface area is 171 Å². The number of nitro groups is 1. The average Bonchev–Trinajstić information content (AvgIpc) is 2.72. The Kier molecular flexibility index (Phi) is 7.68. The van der Waals surface area contributed by atoms with Gasteiger partial charge in [-0.15, -0.1) is 0 Å². The zero-order chi connectivity index (χ0) is 22.3. The Bertz CT molecular complexity index is 949. The van der Waals surface area contributed by atoms with Crippen LogP contribution >= 0.6 is 0 Å². The Hall–Kier alpha value is -3.69. The molecular weight excluding hydrogens is 399 g/mol. The summed E-state index contributed by atoms with van der Waals surface area (Å²) in [5, 5.41) is 13.1. The third-order valence-electron chi connectivity index (χ3n) is 4.15. The van der Waals surface area contributed by atoms with E-state index >= 15 is 0 Å². The number of hydrogen-bond donors (Lipinski definition) is 1. The molecule has 0 saturated heterocycles. The van der Waals surface area contributed by atoms with Gasteiger partial charge in [0.15, 0.2) is 17.6 Å². The highest BCUT2D eigenvalue weighted by molar-refractivity contribution is 5.95. The summed E-state index contributed by atoms with van der Waals surface area (Å²) in [6.07, 6.45) is -0.765. The first-order valence-corrected chi connectivity index (χ1v) is 8.90. The number of anilines is 1. The van der Waals surface area contributed by atoms with Gasteiger partial charge in [-0.25, -0.2) is 0 Å². The van der Waals surface area contributed by atoms with Crippen LogP contribution in [0, 0.1) is 15.9 Å². The van der Waals surface area contributed by atoms with Crippen molar-refractivity contribution < 1.29 is 33.1 Å². The number of aryl methyl sites for hydroxylation is 1. The summed E-state index contributed by atoms with van der Waals surface area (Å²) in [5.41, 5.74) is 0.0639. The van der Waals surface area contributed by atoms with Crippen molar-refractivity contribution in [3.8, 4) is 11.5 Å². The first kappa shape index (κ1) is 22.6. The van der Waals surface area contributed by atoms with E-state index in [1.54, 1.807) is 18.2 Å². The molecule has 10 heteroatoms. The number of nitro benzene ring substituents is 1. The van der Waals surface area contributed by atoms with E-state index < -0.39 is 34.4 Å². The number of rotatable bonds is 9. The van der Waals surface area contributed by atoms with Gasteiger partial charge in [0, 0.05) is 18.2 Å². The largest absolute Gasteiger partial charge is 0.493 e. The summed E-state index contributed by atoms with van der Waals surface area (Å²) < 4.78 is 28.8. The number of carbonyl (C=O) groups excluding carboxylic acids is 2. The number of nitrogens with zero attached hydrogens (tertiary/aromatic N) is 1. The minimum atomic E-state index is -1.15. The van der Waals surface area contributed by atoms with Crippen molar-refractivity contribution in [3.63, 3.8) is 0 Å². The van der Waals surface area contributed by atoms with Crippen molar-refractivity contribution in [2.45, 2.75) is 25.9 Å². The first-order chi connectivity index (χ1) is 14.2. The van der Waals surface area contributed by atoms with Gasteiger partial charge >= 0.3 is 11.7 Å². The highest BCUT2D eigenvalue weighted by Gasteiger charge is 2.20. The number of benzene rings is 2. The standard InChI is InChI=1S/C20H21FN2O7/c1-12(20(25)22-14-6-7-15(21)16(11-14)23(26)27)30-19(24)9-5-13-4-8-17(28-2)18(10-13)29-3/h4,6-8,10-12H,5,9H2,1-3H3,(H,22,25)/t12-/m0/s1. The van der Waals surface area contributed by atoms with Crippen LogP contribution in [0.15, 0.2) is 36.4 Å². The molecule has 0 radical (unpaired) electrons. The lowest BCUT2D eigenvalue weighted by Crippen LogP contribution is -2.30. The second-order valence-corrected chi connectivity index (χ2v) is 6.23. The van der Waals surface area contributed by atoms with Crippen LogP contribution in [0.2, 0.25) is 0 Å². The van der Waals surface area contributed by atoms with Crippen LogP contribution < -0.4 is 14.8 Å². The fourth-order valence-corrected chi connectivity index (χ4v) is 2.57. The third-order valence-corrected chi connectivity index (χ3v) is 4.15. The lowest BCUT2D eigenvalue weighted by Gasteiger charge is -2.14. The van der Waals surface area contributed by atoms with E-state index in [1.807, 2.05) is 0 Å². The van der Waals surface area contributed by atoms with Gasteiger partial charge < -0.3 is 19.5 Å².